The quantitative estimate of drug-likeness (QED) is 0.255. The van der Waals surface area contributed by atoms with Gasteiger partial charge in [0.2, 0.25) is 0 Å². The van der Waals surface area contributed by atoms with Crippen molar-refractivity contribution in [1.29, 1.82) is 0 Å². The van der Waals surface area contributed by atoms with E-state index >= 15 is 0 Å². The molecule has 152 valence electrons. The number of anilines is 1. The van der Waals surface area contributed by atoms with Crippen LogP contribution in [-0.2, 0) is 4.57 Å². The van der Waals surface area contributed by atoms with Crippen molar-refractivity contribution in [2.24, 2.45) is 0 Å². The Labute approximate surface area is 182 Å². The summed E-state index contributed by atoms with van der Waals surface area (Å²) in [7, 11) is -3.12. The fraction of sp³-hybridized carbons (Fsp3) is 0. The van der Waals surface area contributed by atoms with Crippen LogP contribution in [0.15, 0.2) is 128 Å². The Morgan fingerprint density at radius 1 is 0.645 bits per heavy atom. The van der Waals surface area contributed by atoms with E-state index in [1.165, 1.54) is 6.08 Å². The van der Waals surface area contributed by atoms with Crippen LogP contribution in [0.3, 0.4) is 0 Å². The number of carbonyl (C=O) groups is 1. The molecule has 0 saturated carbocycles. The van der Waals surface area contributed by atoms with Crippen molar-refractivity contribution in [2.45, 2.75) is 0 Å². The molecule has 0 radical (unpaired) electrons. The Balaban J connectivity index is 1.73. The number of benzene rings is 4. The first-order valence-electron chi connectivity index (χ1n) is 10.0. The maximum absolute atomic E-state index is 14.6. The van der Waals surface area contributed by atoms with Gasteiger partial charge in [-0.25, -0.2) is 0 Å². The summed E-state index contributed by atoms with van der Waals surface area (Å²) in [5, 5.41) is 5.41. The first-order valence-corrected chi connectivity index (χ1v) is 11.7. The van der Waals surface area contributed by atoms with Gasteiger partial charge in [-0.05, 0) is 12.1 Å². The number of allylic oxidation sites excluding steroid dienone is 1. The zero-order valence-electron chi connectivity index (χ0n) is 16.9. The first kappa shape index (κ1) is 20.6. The number of nitrogens with one attached hydrogen (secondary N) is 1. The summed E-state index contributed by atoms with van der Waals surface area (Å²) < 4.78 is 14.6. The van der Waals surface area contributed by atoms with E-state index in [9.17, 15) is 9.36 Å². The second-order valence-corrected chi connectivity index (χ2v) is 9.74. The van der Waals surface area contributed by atoms with Crippen molar-refractivity contribution >= 4 is 34.5 Å². The minimum Gasteiger partial charge on any atom is -0.361 e. The van der Waals surface area contributed by atoms with Gasteiger partial charge in [-0.3, -0.25) is 4.79 Å². The summed E-state index contributed by atoms with van der Waals surface area (Å²) in [6, 6.07) is 35.7. The Bertz CT molecular complexity index is 1190. The van der Waals surface area contributed by atoms with E-state index in [1.807, 2.05) is 103 Å². The van der Waals surface area contributed by atoms with E-state index in [2.05, 4.69) is 5.32 Å². The molecule has 0 aromatic heterocycles. The Morgan fingerprint density at radius 3 is 1.71 bits per heavy atom. The van der Waals surface area contributed by atoms with Gasteiger partial charge in [-0.2, -0.15) is 0 Å². The van der Waals surface area contributed by atoms with Crippen LogP contribution in [0.1, 0.15) is 10.4 Å². The van der Waals surface area contributed by atoms with Gasteiger partial charge in [0, 0.05) is 39.4 Å². The van der Waals surface area contributed by atoms with Gasteiger partial charge < -0.3 is 9.88 Å². The first-order chi connectivity index (χ1) is 15.2. The van der Waals surface area contributed by atoms with E-state index in [-0.39, 0.29) is 5.78 Å². The fourth-order valence-corrected chi connectivity index (χ4v) is 6.29. The molecule has 0 unspecified atom stereocenters. The molecule has 0 amide bonds. The zero-order valence-corrected chi connectivity index (χ0v) is 17.8. The molecule has 4 aromatic carbocycles. The lowest BCUT2D eigenvalue weighted by Crippen LogP contribution is -2.26. The molecule has 0 bridgehead atoms. The Hall–Kier alpha value is -3.68. The highest BCUT2D eigenvalue weighted by Gasteiger charge is 2.31. The van der Waals surface area contributed by atoms with Crippen molar-refractivity contribution in [2.75, 3.05) is 5.32 Å². The predicted molar refractivity (Wildman–Crippen MR) is 129 cm³/mol. The molecule has 0 spiro atoms. The zero-order chi connectivity index (χ0) is 21.5. The van der Waals surface area contributed by atoms with Crippen molar-refractivity contribution in [3.05, 3.63) is 133 Å². The molecule has 4 heteroatoms. The molecule has 0 aliphatic carbocycles. The third kappa shape index (κ3) is 4.42. The average Bonchev–Trinajstić information content (AvgIpc) is 2.85. The highest BCUT2D eigenvalue weighted by atomic mass is 31.2. The summed E-state index contributed by atoms with van der Waals surface area (Å²) in [4.78, 5) is 12.4. The van der Waals surface area contributed by atoms with Crippen LogP contribution in [0.25, 0.3) is 0 Å². The maximum atomic E-state index is 14.6. The molecule has 0 aliphatic heterocycles. The molecule has 1 N–H and O–H groups in total. The topological polar surface area (TPSA) is 46.2 Å². The number of hydrogen-bond acceptors (Lipinski definition) is 3. The number of ketones is 1. The largest absolute Gasteiger partial charge is 0.361 e. The van der Waals surface area contributed by atoms with Crippen LogP contribution in [0, 0.1) is 0 Å². The van der Waals surface area contributed by atoms with Crippen molar-refractivity contribution in [3.63, 3.8) is 0 Å². The second-order valence-electron chi connectivity index (χ2n) is 7.01. The normalized spacial score (nSPS) is 11.4. The third-order valence-corrected chi connectivity index (χ3v) is 8.13. The van der Waals surface area contributed by atoms with E-state index < -0.39 is 7.14 Å². The number of rotatable bonds is 7. The van der Waals surface area contributed by atoms with Gasteiger partial charge in [-0.15, -0.1) is 0 Å². The monoisotopic (exact) mass is 423 g/mol. The van der Waals surface area contributed by atoms with Crippen molar-refractivity contribution in [3.8, 4) is 0 Å². The molecule has 4 aromatic rings. The molecular formula is C27H22NO2P. The second kappa shape index (κ2) is 9.42. The minimum atomic E-state index is -3.12. The highest BCUT2D eigenvalue weighted by Crippen LogP contribution is 2.44. The summed E-state index contributed by atoms with van der Waals surface area (Å²) in [6.45, 7) is 0. The maximum Gasteiger partial charge on any atom is 0.187 e. The lowest BCUT2D eigenvalue weighted by molar-refractivity contribution is 0.104. The third-order valence-electron chi connectivity index (χ3n) is 5.01. The predicted octanol–water partition coefficient (Wildman–Crippen LogP) is 5.13. The van der Waals surface area contributed by atoms with Gasteiger partial charge in [-0.1, -0.05) is 103 Å². The lowest BCUT2D eigenvalue weighted by atomic mass is 10.1. The van der Waals surface area contributed by atoms with Gasteiger partial charge >= 0.3 is 0 Å². The molecule has 0 fully saturated rings. The fourth-order valence-electron chi connectivity index (χ4n) is 3.48. The van der Waals surface area contributed by atoms with Crippen molar-refractivity contribution < 1.29 is 9.36 Å². The van der Waals surface area contributed by atoms with Crippen LogP contribution in [-0.4, -0.2) is 5.78 Å². The molecule has 4 rings (SSSR count). The Morgan fingerprint density at radius 2 is 1.13 bits per heavy atom. The van der Waals surface area contributed by atoms with Crippen LogP contribution >= 0.6 is 7.14 Å². The number of para-hydroxylation sites is 1. The van der Waals surface area contributed by atoms with Gasteiger partial charge in [0.15, 0.2) is 12.9 Å². The SMILES string of the molecule is O=C(C=CNc1ccccc1P(=O)(c1ccccc1)c1ccccc1)c1ccccc1. The van der Waals surface area contributed by atoms with E-state index in [4.69, 9.17) is 0 Å². The Kier molecular flexibility index (Phi) is 6.26. The number of carbonyl (C=O) groups excluding carboxylic acids is 1. The van der Waals surface area contributed by atoms with Gasteiger partial charge in [0.1, 0.15) is 0 Å². The van der Waals surface area contributed by atoms with Gasteiger partial charge in [0.25, 0.3) is 0 Å². The summed E-state index contributed by atoms with van der Waals surface area (Å²) in [5.74, 6) is -0.0973. The van der Waals surface area contributed by atoms with E-state index in [1.54, 1.807) is 18.3 Å². The lowest BCUT2D eigenvalue weighted by Gasteiger charge is -2.22. The standard InChI is InChI=1S/C27H22NO2P/c29-26(22-12-4-1-5-13-22)20-21-28-25-18-10-11-19-27(25)31(30,23-14-6-2-7-15-23)24-16-8-3-9-17-24/h1-21,28H. The average molecular weight is 423 g/mol. The molecule has 0 saturated heterocycles. The minimum absolute atomic E-state index is 0.0973. The van der Waals surface area contributed by atoms with Crippen molar-refractivity contribution in [1.82, 2.24) is 0 Å². The van der Waals surface area contributed by atoms with Crippen LogP contribution in [0.2, 0.25) is 0 Å². The highest BCUT2D eigenvalue weighted by molar-refractivity contribution is 7.85. The summed E-state index contributed by atoms with van der Waals surface area (Å²) in [5.41, 5.74) is 1.32. The summed E-state index contributed by atoms with van der Waals surface area (Å²) in [6.07, 6.45) is 3.09. The number of hydrogen-bond donors (Lipinski definition) is 1. The van der Waals surface area contributed by atoms with E-state index in [0.717, 1.165) is 10.6 Å². The molecular weight excluding hydrogens is 401 g/mol. The summed E-state index contributed by atoms with van der Waals surface area (Å²) >= 11 is 0. The molecule has 3 nitrogen and oxygen atoms in total. The van der Waals surface area contributed by atoms with Gasteiger partial charge in [0.05, 0.1) is 0 Å². The van der Waals surface area contributed by atoms with Crippen LogP contribution in [0.5, 0.6) is 0 Å². The molecule has 0 heterocycles. The molecule has 0 aliphatic rings. The van der Waals surface area contributed by atoms with E-state index in [0.29, 0.717) is 16.6 Å². The van der Waals surface area contributed by atoms with Crippen LogP contribution < -0.4 is 21.2 Å². The smallest absolute Gasteiger partial charge is 0.187 e. The molecule has 0 atom stereocenters. The van der Waals surface area contributed by atoms with Crippen LogP contribution in [0.4, 0.5) is 5.69 Å². The molecule has 31 heavy (non-hydrogen) atoms.